The summed E-state index contributed by atoms with van der Waals surface area (Å²) < 4.78 is 3.71. The van der Waals surface area contributed by atoms with Gasteiger partial charge in [-0.3, -0.25) is 0 Å². The van der Waals surface area contributed by atoms with Crippen molar-refractivity contribution in [1.82, 2.24) is 0 Å². The van der Waals surface area contributed by atoms with Crippen LogP contribution in [0.25, 0.3) is 6.08 Å². The van der Waals surface area contributed by atoms with Crippen LogP contribution in [-0.2, 0) is 23.2 Å². The molecule has 0 saturated heterocycles. The number of halogens is 3. The molecule has 1 atom stereocenters. The molecule has 3 rings (SSSR count). The average Bonchev–Trinajstić information content (AvgIpc) is 2.97. The molecule has 0 fully saturated rings. The maximum Gasteiger partial charge on any atom is -1.00 e. The molecule has 0 aliphatic heterocycles. The van der Waals surface area contributed by atoms with Crippen molar-refractivity contribution in [3.05, 3.63) is 60.4 Å². The zero-order valence-corrected chi connectivity index (χ0v) is 19.4. The minimum Gasteiger partial charge on any atom is -1.00 e. The number of hydrogen-bond donors (Lipinski definition) is 0. The largest absolute Gasteiger partial charge is 1.00 e. The van der Waals surface area contributed by atoms with Crippen LogP contribution >= 0.6 is 15.9 Å². The molecule has 23 heavy (non-hydrogen) atoms. The first kappa shape index (κ1) is 21.4. The van der Waals surface area contributed by atoms with E-state index in [0.717, 1.165) is 3.63 Å². The molecule has 0 bridgehead atoms. The van der Waals surface area contributed by atoms with Crippen LogP contribution in [0.2, 0.25) is 0 Å². The van der Waals surface area contributed by atoms with Crippen LogP contribution in [0.15, 0.2) is 49.3 Å². The van der Waals surface area contributed by atoms with Crippen molar-refractivity contribution in [2.75, 3.05) is 0 Å². The number of benzene rings is 1. The van der Waals surface area contributed by atoms with Gasteiger partial charge in [-0.15, -0.1) is 0 Å². The summed E-state index contributed by atoms with van der Waals surface area (Å²) in [5, 5.41) is 0. The molecule has 0 aromatic heterocycles. The summed E-state index contributed by atoms with van der Waals surface area (Å²) in [6.07, 6.45) is 8.55. The molecule has 0 saturated carbocycles. The topological polar surface area (TPSA) is 0 Å². The fourth-order valence-corrected chi connectivity index (χ4v) is 7.34. The molecule has 2 aliphatic rings. The standard InChI is InChI=1S/C10H8Br.C9H13.2ClH.Zr/c1-7-5-8-3-2-4-10(11)9(8)6-7;1-9(2,3)8-6-4-5-7-8;;;/h2-6H,1H3;6-7H,4H2,1-3H3;2*1H;/q;;;;+2/p-2. The van der Waals surface area contributed by atoms with Crippen LogP contribution in [-0.4, -0.2) is 0 Å². The molecular weight excluding hydrogens is 470 g/mol. The smallest absolute Gasteiger partial charge is 1.00 e. The molecule has 0 spiro atoms. The fraction of sp³-hybridized carbons (Fsp3) is 0.368. The van der Waals surface area contributed by atoms with Crippen molar-refractivity contribution in [2.45, 2.75) is 37.7 Å². The van der Waals surface area contributed by atoms with Crippen molar-refractivity contribution in [3.8, 4) is 0 Å². The van der Waals surface area contributed by atoms with E-state index in [0.29, 0.717) is 5.41 Å². The van der Waals surface area contributed by atoms with E-state index in [4.69, 9.17) is 0 Å². The van der Waals surface area contributed by atoms with Crippen molar-refractivity contribution in [2.24, 2.45) is 5.41 Å². The molecule has 0 nitrogen and oxygen atoms in total. The molecule has 0 N–H and O–H groups in total. The summed E-state index contributed by atoms with van der Waals surface area (Å²) >= 11 is 3.10. The Balaban J connectivity index is 0.00000132. The molecule has 0 amide bonds. The van der Waals surface area contributed by atoms with E-state index in [9.17, 15) is 0 Å². The van der Waals surface area contributed by atoms with E-state index < -0.39 is 23.2 Å². The summed E-state index contributed by atoms with van der Waals surface area (Å²) in [6.45, 7) is 9.26. The van der Waals surface area contributed by atoms with Crippen LogP contribution in [0.5, 0.6) is 0 Å². The second kappa shape index (κ2) is 8.17. The minimum atomic E-state index is -0.599. The summed E-state index contributed by atoms with van der Waals surface area (Å²) in [6, 6.07) is 6.67. The molecule has 122 valence electrons. The Bertz CT molecular complexity index is 681. The van der Waals surface area contributed by atoms with Gasteiger partial charge in [0, 0.05) is 0 Å². The molecule has 0 radical (unpaired) electrons. The number of hydrogen-bond acceptors (Lipinski definition) is 0. The van der Waals surface area contributed by atoms with E-state index in [1.165, 1.54) is 22.0 Å². The first-order chi connectivity index (χ1) is 9.86. The minimum absolute atomic E-state index is 0. The Kier molecular flexibility index (Phi) is 7.62. The fourth-order valence-electron chi connectivity index (χ4n) is 3.04. The maximum atomic E-state index is 3.70. The summed E-state index contributed by atoms with van der Waals surface area (Å²) in [5.74, 6) is 0. The normalized spacial score (nSPS) is 18.8. The zero-order valence-electron chi connectivity index (χ0n) is 13.9. The van der Waals surface area contributed by atoms with Crippen molar-refractivity contribution in [1.29, 1.82) is 0 Å². The van der Waals surface area contributed by atoms with E-state index in [-0.39, 0.29) is 24.8 Å². The first-order valence-electron chi connectivity index (χ1n) is 7.50. The molecule has 0 heterocycles. The van der Waals surface area contributed by atoms with Crippen molar-refractivity contribution < 1.29 is 48.0 Å². The third-order valence-electron chi connectivity index (χ3n) is 4.29. The molecule has 2 aliphatic carbocycles. The van der Waals surface area contributed by atoms with Gasteiger partial charge in [-0.2, -0.15) is 0 Å². The van der Waals surface area contributed by atoms with Gasteiger partial charge in [-0.25, -0.2) is 0 Å². The summed E-state index contributed by atoms with van der Waals surface area (Å²) in [7, 11) is 0. The number of allylic oxidation sites excluding steroid dienone is 5. The molecule has 1 aromatic carbocycles. The van der Waals surface area contributed by atoms with Gasteiger partial charge in [0.1, 0.15) is 0 Å². The Labute approximate surface area is 172 Å². The first-order valence-corrected chi connectivity index (χ1v) is 10.9. The van der Waals surface area contributed by atoms with Crippen LogP contribution < -0.4 is 24.8 Å². The third-order valence-corrected chi connectivity index (χ3v) is 9.35. The number of fused-ring (bicyclic) bond motifs is 1. The number of rotatable bonds is 2. The monoisotopic (exact) mass is 488 g/mol. The van der Waals surface area contributed by atoms with Crippen molar-refractivity contribution >= 4 is 22.0 Å². The second-order valence-electron chi connectivity index (χ2n) is 6.99. The van der Waals surface area contributed by atoms with Crippen LogP contribution in [0.1, 0.15) is 48.9 Å². The van der Waals surface area contributed by atoms with Gasteiger partial charge in [0.05, 0.1) is 0 Å². The SMILES string of the molecule is CC1=Cc2c(Br)cccc2[CH]1[Zr+2][C]1=CC(C(C)(C)C)=CC1.[Cl-].[Cl-]. The van der Waals surface area contributed by atoms with E-state index in [1.54, 1.807) is 14.4 Å². The predicted molar refractivity (Wildman–Crippen MR) is 90.8 cm³/mol. The van der Waals surface area contributed by atoms with E-state index in [1.807, 2.05) is 0 Å². The van der Waals surface area contributed by atoms with Crippen molar-refractivity contribution in [3.63, 3.8) is 0 Å². The van der Waals surface area contributed by atoms with Gasteiger partial charge in [-0.1, -0.05) is 0 Å². The predicted octanol–water partition coefficient (Wildman–Crippen LogP) is 0.258. The van der Waals surface area contributed by atoms with Gasteiger partial charge in [-0.05, 0) is 0 Å². The van der Waals surface area contributed by atoms with Gasteiger partial charge >= 0.3 is 149 Å². The van der Waals surface area contributed by atoms with Crippen LogP contribution in [0.3, 0.4) is 0 Å². The van der Waals surface area contributed by atoms with Crippen LogP contribution in [0.4, 0.5) is 0 Å². The quantitative estimate of drug-likeness (QED) is 0.557. The second-order valence-corrected chi connectivity index (χ2v) is 11.6. The molecule has 1 aromatic rings. The van der Waals surface area contributed by atoms with Gasteiger partial charge in [0.15, 0.2) is 0 Å². The van der Waals surface area contributed by atoms with Gasteiger partial charge in [0.25, 0.3) is 0 Å². The van der Waals surface area contributed by atoms with Gasteiger partial charge < -0.3 is 24.8 Å². The summed E-state index contributed by atoms with van der Waals surface area (Å²) in [5.41, 5.74) is 6.37. The Hall–Kier alpha value is 0.383. The van der Waals surface area contributed by atoms with E-state index >= 15 is 0 Å². The Morgan fingerprint density at radius 3 is 2.43 bits per heavy atom. The molecule has 1 unspecified atom stereocenters. The molecule has 4 heteroatoms. The van der Waals surface area contributed by atoms with E-state index in [2.05, 4.69) is 80.1 Å². The zero-order chi connectivity index (χ0) is 15.2. The van der Waals surface area contributed by atoms with Gasteiger partial charge in [0.2, 0.25) is 0 Å². The molecular formula is C19H21BrCl2Zr. The Morgan fingerprint density at radius 1 is 1.13 bits per heavy atom. The average molecular weight is 491 g/mol. The third kappa shape index (κ3) is 4.52. The Morgan fingerprint density at radius 2 is 1.83 bits per heavy atom. The maximum absolute atomic E-state index is 3.70. The van der Waals surface area contributed by atoms with Crippen LogP contribution in [0, 0.1) is 5.41 Å². The summed E-state index contributed by atoms with van der Waals surface area (Å²) in [4.78, 5) is 0.